The molecule has 2 aromatic rings. The summed E-state index contributed by atoms with van der Waals surface area (Å²) in [6, 6.07) is 9.64. The quantitative estimate of drug-likeness (QED) is 0.672. The van der Waals surface area contributed by atoms with Gasteiger partial charge in [0.05, 0.1) is 6.20 Å². The average molecular weight is 370 g/mol. The highest BCUT2D eigenvalue weighted by Crippen LogP contribution is 2.50. The minimum Gasteiger partial charge on any atom is -0.511 e. The lowest BCUT2D eigenvalue weighted by Crippen LogP contribution is -2.63. The van der Waals surface area contributed by atoms with Crippen molar-refractivity contribution < 1.29 is 19.8 Å². The largest absolute Gasteiger partial charge is 0.707 e. The van der Waals surface area contributed by atoms with Gasteiger partial charge >= 0.3 is 7.32 Å². The van der Waals surface area contributed by atoms with E-state index in [-0.39, 0.29) is 5.75 Å². The van der Waals surface area contributed by atoms with E-state index in [2.05, 4.69) is 30.7 Å². The number of aliphatic hydroxyl groups is 1. The van der Waals surface area contributed by atoms with Crippen LogP contribution in [0.1, 0.15) is 43.4 Å². The van der Waals surface area contributed by atoms with E-state index in [9.17, 15) is 5.11 Å². The Labute approximate surface area is 160 Å². The SMILES string of the molecule is CC(C)c1ccc([C@](O)(c2cncc(OB(O)O)c2)C2(C)CN(C)C2)cc1. The van der Waals surface area contributed by atoms with E-state index in [4.69, 9.17) is 14.7 Å². The Balaban J connectivity index is 2.09. The maximum absolute atomic E-state index is 12.0. The summed E-state index contributed by atoms with van der Waals surface area (Å²) in [5.41, 5.74) is 0.844. The van der Waals surface area contributed by atoms with Crippen LogP contribution in [0.5, 0.6) is 5.75 Å². The van der Waals surface area contributed by atoms with Crippen LogP contribution < -0.4 is 4.65 Å². The fourth-order valence-corrected chi connectivity index (χ4v) is 4.15. The summed E-state index contributed by atoms with van der Waals surface area (Å²) < 4.78 is 4.95. The van der Waals surface area contributed by atoms with E-state index < -0.39 is 18.3 Å². The highest BCUT2D eigenvalue weighted by molar-refractivity contribution is 6.33. The zero-order chi connectivity index (χ0) is 19.8. The molecule has 0 aliphatic carbocycles. The highest BCUT2D eigenvalue weighted by Gasteiger charge is 2.55. The van der Waals surface area contributed by atoms with Crippen molar-refractivity contribution in [2.45, 2.75) is 32.3 Å². The second-order valence-electron chi connectivity index (χ2n) is 8.07. The molecule has 7 heteroatoms. The van der Waals surface area contributed by atoms with Gasteiger partial charge in [0, 0.05) is 30.3 Å². The van der Waals surface area contributed by atoms with Crippen molar-refractivity contribution in [3.63, 3.8) is 0 Å². The standard InChI is InChI=1S/C20H27BN2O4/c1-14(2)15-5-7-16(8-6-15)20(24,19(3)12-23(4)13-19)17-9-18(11-22-10-17)27-21(25)26/h5-11,14,24-26H,12-13H2,1-4H3/t20-/m0/s1. The maximum Gasteiger partial charge on any atom is 0.707 e. The Morgan fingerprint density at radius 2 is 1.78 bits per heavy atom. The third-order valence-corrected chi connectivity index (χ3v) is 5.48. The molecule has 1 fully saturated rings. The van der Waals surface area contributed by atoms with Crippen LogP contribution in [0.4, 0.5) is 0 Å². The summed E-state index contributed by atoms with van der Waals surface area (Å²) in [5.74, 6) is 0.595. The van der Waals surface area contributed by atoms with Crippen molar-refractivity contribution in [1.29, 1.82) is 0 Å². The third-order valence-electron chi connectivity index (χ3n) is 5.48. The van der Waals surface area contributed by atoms with Crippen molar-refractivity contribution in [2.75, 3.05) is 20.1 Å². The molecule has 3 rings (SSSR count). The van der Waals surface area contributed by atoms with Crippen molar-refractivity contribution in [1.82, 2.24) is 9.88 Å². The number of rotatable bonds is 6. The summed E-state index contributed by atoms with van der Waals surface area (Å²) in [4.78, 5) is 6.30. The van der Waals surface area contributed by atoms with Crippen LogP contribution in [0.2, 0.25) is 0 Å². The predicted molar refractivity (Wildman–Crippen MR) is 104 cm³/mol. The number of pyridine rings is 1. The summed E-state index contributed by atoms with van der Waals surface area (Å²) in [6.45, 7) is 7.77. The molecular weight excluding hydrogens is 343 g/mol. The van der Waals surface area contributed by atoms with Crippen LogP contribution >= 0.6 is 0 Å². The van der Waals surface area contributed by atoms with Gasteiger partial charge in [0.25, 0.3) is 0 Å². The normalized spacial score (nSPS) is 18.7. The molecule has 1 aliphatic rings. The smallest absolute Gasteiger partial charge is 0.511 e. The lowest BCUT2D eigenvalue weighted by Gasteiger charge is -2.55. The zero-order valence-electron chi connectivity index (χ0n) is 16.3. The van der Waals surface area contributed by atoms with Gasteiger partial charge in [-0.05, 0) is 30.2 Å². The molecule has 1 aromatic carbocycles. The molecule has 0 radical (unpaired) electrons. The summed E-state index contributed by atoms with van der Waals surface area (Å²) in [5, 5.41) is 30.2. The molecule has 27 heavy (non-hydrogen) atoms. The van der Waals surface area contributed by atoms with Gasteiger partial charge in [-0.2, -0.15) is 0 Å². The Morgan fingerprint density at radius 1 is 1.15 bits per heavy atom. The maximum atomic E-state index is 12.0. The number of nitrogens with zero attached hydrogens (tertiary/aromatic N) is 2. The molecule has 0 bridgehead atoms. The van der Waals surface area contributed by atoms with Crippen molar-refractivity contribution in [2.24, 2.45) is 5.41 Å². The van der Waals surface area contributed by atoms with Gasteiger partial charge in [0.1, 0.15) is 11.4 Å². The average Bonchev–Trinajstić information content (AvgIpc) is 2.59. The Morgan fingerprint density at radius 3 is 2.30 bits per heavy atom. The van der Waals surface area contributed by atoms with E-state index >= 15 is 0 Å². The zero-order valence-corrected chi connectivity index (χ0v) is 16.3. The van der Waals surface area contributed by atoms with Gasteiger partial charge in [-0.15, -0.1) is 0 Å². The van der Waals surface area contributed by atoms with Crippen LogP contribution in [0.3, 0.4) is 0 Å². The topological polar surface area (TPSA) is 86.1 Å². The van der Waals surface area contributed by atoms with Crippen LogP contribution in [-0.2, 0) is 5.60 Å². The minimum absolute atomic E-state index is 0.191. The number of likely N-dealkylation sites (tertiary alicyclic amines) is 1. The molecule has 3 N–H and O–H groups in total. The first kappa shape index (κ1) is 19.8. The van der Waals surface area contributed by atoms with Crippen LogP contribution in [-0.4, -0.2) is 52.5 Å². The Hall–Kier alpha value is -1.93. The van der Waals surface area contributed by atoms with Crippen molar-refractivity contribution in [3.8, 4) is 5.75 Å². The van der Waals surface area contributed by atoms with Gasteiger partial charge in [-0.1, -0.05) is 45.0 Å². The monoisotopic (exact) mass is 370 g/mol. The van der Waals surface area contributed by atoms with Crippen LogP contribution in [0.25, 0.3) is 0 Å². The molecule has 2 heterocycles. The number of hydrogen-bond acceptors (Lipinski definition) is 6. The van der Waals surface area contributed by atoms with Crippen molar-refractivity contribution in [3.05, 3.63) is 59.4 Å². The molecule has 0 saturated carbocycles. The van der Waals surface area contributed by atoms with E-state index in [0.29, 0.717) is 11.5 Å². The Bertz CT molecular complexity index is 791. The second kappa shape index (κ2) is 7.24. The molecule has 1 aliphatic heterocycles. The van der Waals surface area contributed by atoms with Gasteiger partial charge in [-0.25, -0.2) is 0 Å². The summed E-state index contributed by atoms with van der Waals surface area (Å²) in [6.07, 6.45) is 3.00. The summed E-state index contributed by atoms with van der Waals surface area (Å²) >= 11 is 0. The molecular formula is C20H27BN2O4. The van der Waals surface area contributed by atoms with E-state index in [1.165, 1.54) is 11.8 Å². The second-order valence-corrected chi connectivity index (χ2v) is 8.07. The van der Waals surface area contributed by atoms with E-state index in [1.54, 1.807) is 12.3 Å². The Kier molecular flexibility index (Phi) is 5.32. The number of benzene rings is 1. The van der Waals surface area contributed by atoms with Crippen molar-refractivity contribution >= 4 is 7.32 Å². The van der Waals surface area contributed by atoms with Gasteiger partial charge in [0.15, 0.2) is 0 Å². The minimum atomic E-state index is -1.94. The van der Waals surface area contributed by atoms with Gasteiger partial charge in [-0.3, -0.25) is 4.98 Å². The first-order chi connectivity index (χ1) is 12.7. The number of aromatic nitrogens is 1. The lowest BCUT2D eigenvalue weighted by molar-refractivity contribution is -0.127. The molecule has 0 unspecified atom stereocenters. The molecule has 1 saturated heterocycles. The molecule has 0 amide bonds. The highest BCUT2D eigenvalue weighted by atomic mass is 16.6. The fourth-order valence-electron chi connectivity index (χ4n) is 4.15. The summed E-state index contributed by atoms with van der Waals surface area (Å²) in [7, 11) is 0.0788. The molecule has 1 atom stereocenters. The lowest BCUT2D eigenvalue weighted by atomic mass is 9.62. The van der Waals surface area contributed by atoms with Gasteiger partial charge in [0.2, 0.25) is 0 Å². The first-order valence-electron chi connectivity index (χ1n) is 9.15. The van der Waals surface area contributed by atoms with Crippen LogP contribution in [0, 0.1) is 5.41 Å². The third kappa shape index (κ3) is 3.60. The van der Waals surface area contributed by atoms with Crippen LogP contribution in [0.15, 0.2) is 42.7 Å². The van der Waals surface area contributed by atoms with Gasteiger partial charge < -0.3 is 24.7 Å². The molecule has 144 valence electrons. The predicted octanol–water partition coefficient (Wildman–Crippen LogP) is 1.74. The molecule has 1 aromatic heterocycles. The number of hydrogen-bond donors (Lipinski definition) is 3. The fraction of sp³-hybridized carbons (Fsp3) is 0.450. The molecule has 6 nitrogen and oxygen atoms in total. The van der Waals surface area contributed by atoms with E-state index in [0.717, 1.165) is 18.7 Å². The molecule has 0 spiro atoms. The first-order valence-corrected chi connectivity index (χ1v) is 9.15. The van der Waals surface area contributed by atoms with E-state index in [1.807, 2.05) is 31.3 Å².